The van der Waals surface area contributed by atoms with E-state index in [1.54, 1.807) is 36.4 Å². The number of carbonyl (C=O) groups is 1. The van der Waals surface area contributed by atoms with Crippen LogP contribution in [-0.4, -0.2) is 33.7 Å². The predicted octanol–water partition coefficient (Wildman–Crippen LogP) is 3.09. The number of amides is 1. The lowest BCUT2D eigenvalue weighted by molar-refractivity contribution is -0.121. The maximum absolute atomic E-state index is 12.9. The Balaban J connectivity index is 1.94. The van der Waals surface area contributed by atoms with E-state index in [-0.39, 0.29) is 24.7 Å². The first-order valence-corrected chi connectivity index (χ1v) is 10.9. The van der Waals surface area contributed by atoms with Crippen molar-refractivity contribution in [1.82, 2.24) is 5.32 Å². The topological polar surface area (TPSA) is 75.7 Å². The molecule has 152 valence electrons. The summed E-state index contributed by atoms with van der Waals surface area (Å²) in [5, 5.41) is 2.75. The molecule has 0 spiro atoms. The van der Waals surface area contributed by atoms with Gasteiger partial charge in [-0.3, -0.25) is 9.10 Å². The normalized spacial score (nSPS) is 11.1. The largest absolute Gasteiger partial charge is 0.492 e. The fraction of sp³-hybridized carbons (Fsp3) is 0.350. The molecule has 0 aromatic heterocycles. The minimum atomic E-state index is -3.53. The smallest absolute Gasteiger partial charge is 0.232 e. The molecule has 0 saturated carbocycles. The van der Waals surface area contributed by atoms with Crippen LogP contribution in [0.2, 0.25) is 0 Å². The number of sulfonamides is 1. The van der Waals surface area contributed by atoms with E-state index in [2.05, 4.69) is 5.32 Å². The molecule has 1 N–H and O–H groups in total. The number of nitrogens with zero attached hydrogens (tertiary/aromatic N) is 1. The van der Waals surface area contributed by atoms with Crippen LogP contribution in [0.4, 0.5) is 10.1 Å². The first-order valence-electron chi connectivity index (χ1n) is 9.02. The van der Waals surface area contributed by atoms with E-state index in [1.165, 1.54) is 16.4 Å². The highest BCUT2D eigenvalue weighted by Crippen LogP contribution is 2.30. The first-order chi connectivity index (χ1) is 13.3. The molecule has 6 nitrogen and oxygen atoms in total. The molecule has 0 heterocycles. The Morgan fingerprint density at radius 3 is 2.46 bits per heavy atom. The molecule has 0 aliphatic carbocycles. The quantitative estimate of drug-likeness (QED) is 0.656. The van der Waals surface area contributed by atoms with Gasteiger partial charge in [-0.15, -0.1) is 0 Å². The molecule has 0 aliphatic heterocycles. The summed E-state index contributed by atoms with van der Waals surface area (Å²) in [5.74, 6) is -0.0460. The van der Waals surface area contributed by atoms with Gasteiger partial charge in [-0.1, -0.05) is 24.3 Å². The summed E-state index contributed by atoms with van der Waals surface area (Å²) in [6.45, 7) is 2.70. The lowest BCUT2D eigenvalue weighted by Gasteiger charge is -2.24. The number of para-hydroxylation sites is 2. The Morgan fingerprint density at radius 2 is 1.82 bits per heavy atom. The van der Waals surface area contributed by atoms with Crippen molar-refractivity contribution in [3.8, 4) is 5.75 Å². The number of ether oxygens (including phenoxy) is 1. The molecule has 2 aromatic rings. The maximum Gasteiger partial charge on any atom is 0.232 e. The summed E-state index contributed by atoms with van der Waals surface area (Å²) in [6, 6.07) is 12.8. The van der Waals surface area contributed by atoms with Gasteiger partial charge in [0, 0.05) is 19.5 Å². The predicted molar refractivity (Wildman–Crippen MR) is 107 cm³/mol. The zero-order chi connectivity index (χ0) is 20.6. The highest BCUT2D eigenvalue weighted by molar-refractivity contribution is 7.92. The molecule has 1 amide bonds. The van der Waals surface area contributed by atoms with Crippen LogP contribution in [0.5, 0.6) is 5.75 Å². The van der Waals surface area contributed by atoms with Crippen molar-refractivity contribution in [2.24, 2.45) is 0 Å². The van der Waals surface area contributed by atoms with Crippen molar-refractivity contribution in [2.75, 3.05) is 23.7 Å². The van der Waals surface area contributed by atoms with Crippen molar-refractivity contribution < 1.29 is 22.3 Å². The zero-order valence-corrected chi connectivity index (χ0v) is 16.8. The van der Waals surface area contributed by atoms with Gasteiger partial charge < -0.3 is 10.1 Å². The molecular weight excluding hydrogens is 383 g/mol. The van der Waals surface area contributed by atoms with E-state index in [4.69, 9.17) is 4.74 Å². The Labute approximate surface area is 165 Å². The molecule has 2 aromatic carbocycles. The van der Waals surface area contributed by atoms with Crippen LogP contribution in [0.1, 0.15) is 25.3 Å². The molecule has 0 bridgehead atoms. The Kier molecular flexibility index (Phi) is 7.80. The monoisotopic (exact) mass is 408 g/mol. The maximum atomic E-state index is 12.9. The standard InChI is InChI=1S/C20H25FN2O4S/c1-3-27-19-8-5-4-7-18(19)23(28(2,25)26)14-6-9-20(24)22-15-16-10-12-17(21)13-11-16/h4-5,7-8,10-13H,3,6,9,14-15H2,1-2H3,(H,22,24). The SMILES string of the molecule is CCOc1ccccc1N(CCCC(=O)NCc1ccc(F)cc1)S(C)(=O)=O. The number of halogens is 1. The number of hydrogen-bond donors (Lipinski definition) is 1. The zero-order valence-electron chi connectivity index (χ0n) is 16.0. The van der Waals surface area contributed by atoms with Gasteiger partial charge in [-0.2, -0.15) is 0 Å². The Morgan fingerprint density at radius 1 is 1.14 bits per heavy atom. The van der Waals surface area contributed by atoms with Crippen LogP contribution in [-0.2, 0) is 21.4 Å². The van der Waals surface area contributed by atoms with Crippen molar-refractivity contribution in [3.05, 3.63) is 59.9 Å². The van der Waals surface area contributed by atoms with Crippen LogP contribution in [0.15, 0.2) is 48.5 Å². The minimum Gasteiger partial charge on any atom is -0.492 e. The van der Waals surface area contributed by atoms with Gasteiger partial charge >= 0.3 is 0 Å². The summed E-state index contributed by atoms with van der Waals surface area (Å²) in [4.78, 5) is 12.0. The third-order valence-corrected chi connectivity index (χ3v) is 5.18. The number of carbonyl (C=O) groups excluding carboxylic acids is 1. The van der Waals surface area contributed by atoms with Gasteiger partial charge in [-0.25, -0.2) is 12.8 Å². The minimum absolute atomic E-state index is 0.160. The van der Waals surface area contributed by atoms with Crippen molar-refractivity contribution in [1.29, 1.82) is 0 Å². The lowest BCUT2D eigenvalue weighted by atomic mass is 10.2. The molecule has 2 rings (SSSR count). The van der Waals surface area contributed by atoms with Crippen LogP contribution in [0.25, 0.3) is 0 Å². The lowest BCUT2D eigenvalue weighted by Crippen LogP contribution is -2.32. The van der Waals surface area contributed by atoms with Gasteiger partial charge in [0.05, 0.1) is 18.6 Å². The summed E-state index contributed by atoms with van der Waals surface area (Å²) >= 11 is 0. The average Bonchev–Trinajstić information content (AvgIpc) is 2.65. The second kappa shape index (κ2) is 10.1. The number of nitrogens with one attached hydrogen (secondary N) is 1. The first kappa shape index (κ1) is 21.7. The highest BCUT2D eigenvalue weighted by Gasteiger charge is 2.21. The van der Waals surface area contributed by atoms with Crippen LogP contribution >= 0.6 is 0 Å². The third-order valence-electron chi connectivity index (χ3n) is 4.00. The summed E-state index contributed by atoms with van der Waals surface area (Å²) in [6.07, 6.45) is 1.65. The third kappa shape index (κ3) is 6.53. The summed E-state index contributed by atoms with van der Waals surface area (Å²) in [7, 11) is -3.53. The van der Waals surface area contributed by atoms with Gasteiger partial charge in [-0.05, 0) is 43.2 Å². The van der Waals surface area contributed by atoms with Gasteiger partial charge in [0.15, 0.2) is 0 Å². The van der Waals surface area contributed by atoms with Crippen molar-refractivity contribution in [3.63, 3.8) is 0 Å². The van der Waals surface area contributed by atoms with E-state index in [9.17, 15) is 17.6 Å². The molecule has 0 radical (unpaired) electrons. The molecule has 8 heteroatoms. The van der Waals surface area contributed by atoms with Gasteiger partial charge in [0.1, 0.15) is 11.6 Å². The van der Waals surface area contributed by atoms with Crippen LogP contribution in [0.3, 0.4) is 0 Å². The molecule has 0 saturated heterocycles. The van der Waals surface area contributed by atoms with E-state index in [0.29, 0.717) is 31.0 Å². The second-order valence-electron chi connectivity index (χ2n) is 6.24. The number of hydrogen-bond acceptors (Lipinski definition) is 4. The fourth-order valence-electron chi connectivity index (χ4n) is 2.68. The van der Waals surface area contributed by atoms with Gasteiger partial charge in [0.25, 0.3) is 0 Å². The van der Waals surface area contributed by atoms with E-state index in [1.807, 2.05) is 6.92 Å². The summed E-state index contributed by atoms with van der Waals surface area (Å²) < 4.78 is 44.2. The second-order valence-corrected chi connectivity index (χ2v) is 8.15. The Bertz CT molecular complexity index is 885. The van der Waals surface area contributed by atoms with Crippen LogP contribution in [0, 0.1) is 5.82 Å². The number of anilines is 1. The number of rotatable bonds is 10. The molecule has 0 atom stereocenters. The van der Waals surface area contributed by atoms with E-state index in [0.717, 1.165) is 11.8 Å². The average molecular weight is 408 g/mol. The van der Waals surface area contributed by atoms with Gasteiger partial charge in [0.2, 0.25) is 15.9 Å². The van der Waals surface area contributed by atoms with Crippen molar-refractivity contribution in [2.45, 2.75) is 26.3 Å². The molecule has 28 heavy (non-hydrogen) atoms. The van der Waals surface area contributed by atoms with E-state index >= 15 is 0 Å². The van der Waals surface area contributed by atoms with E-state index < -0.39 is 10.0 Å². The van der Waals surface area contributed by atoms with Crippen molar-refractivity contribution >= 4 is 21.6 Å². The molecular formula is C20H25FN2O4S. The highest BCUT2D eigenvalue weighted by atomic mass is 32.2. The Hall–Kier alpha value is -2.61. The summed E-state index contributed by atoms with van der Waals surface area (Å²) in [5.41, 5.74) is 1.25. The number of benzene rings is 2. The molecule has 0 aliphatic rings. The fourth-order valence-corrected chi connectivity index (χ4v) is 3.65. The molecule has 0 fully saturated rings. The van der Waals surface area contributed by atoms with Crippen LogP contribution < -0.4 is 14.4 Å². The molecule has 0 unspecified atom stereocenters.